The third-order valence-corrected chi connectivity index (χ3v) is 6.76. The predicted octanol–water partition coefficient (Wildman–Crippen LogP) is 5.31. The third kappa shape index (κ3) is 3.48. The van der Waals surface area contributed by atoms with Gasteiger partial charge < -0.3 is 15.4 Å². The molecule has 0 bridgehead atoms. The minimum absolute atomic E-state index is 0.0968. The summed E-state index contributed by atoms with van der Waals surface area (Å²) in [5.41, 5.74) is 8.12. The number of aliphatic hydroxyl groups is 1. The molecule has 3 heterocycles. The van der Waals surface area contributed by atoms with E-state index in [4.69, 9.17) is 0 Å². The van der Waals surface area contributed by atoms with Crippen molar-refractivity contribution in [3.8, 4) is 23.0 Å². The summed E-state index contributed by atoms with van der Waals surface area (Å²) < 4.78 is 0. The number of hydrogen-bond donors (Lipinski definition) is 3. The molecule has 0 unspecified atom stereocenters. The fourth-order valence-corrected chi connectivity index (χ4v) is 4.99. The molecule has 1 aliphatic heterocycles. The molecule has 0 spiro atoms. The van der Waals surface area contributed by atoms with Gasteiger partial charge in [0, 0.05) is 52.3 Å². The standard InChI is InChI=1S/C28H28N4O/c1-16-14-22(21-9-6-8-19-17(2)15-31-26(19)21)20(10-11-23-29-12-7-13-30-23)24-18(3)27(33)28(4,5)32-25(16)24/h6-9,12-15,18,27,31-33H,1-5H3/t18-,27+/m0/s1. The van der Waals surface area contributed by atoms with Crippen molar-refractivity contribution in [1.29, 1.82) is 0 Å². The highest BCUT2D eigenvalue weighted by Crippen LogP contribution is 2.46. The first kappa shape index (κ1) is 21.2. The van der Waals surface area contributed by atoms with Gasteiger partial charge in [-0.1, -0.05) is 31.0 Å². The van der Waals surface area contributed by atoms with E-state index in [0.717, 1.165) is 39.0 Å². The Balaban J connectivity index is 1.83. The van der Waals surface area contributed by atoms with Crippen LogP contribution in [-0.2, 0) is 0 Å². The molecule has 1 aliphatic rings. The lowest BCUT2D eigenvalue weighted by molar-refractivity contribution is 0.0868. The average molecular weight is 437 g/mol. The number of H-pyrrole nitrogens is 1. The van der Waals surface area contributed by atoms with Crippen LogP contribution in [0.2, 0.25) is 0 Å². The first-order valence-electron chi connectivity index (χ1n) is 11.3. The number of aromatic amines is 1. The molecule has 2 aromatic carbocycles. The summed E-state index contributed by atoms with van der Waals surface area (Å²) in [5, 5.41) is 15.9. The van der Waals surface area contributed by atoms with Gasteiger partial charge in [0.25, 0.3) is 0 Å². The van der Waals surface area contributed by atoms with E-state index in [1.807, 2.05) is 20.0 Å². The maximum atomic E-state index is 11.1. The van der Waals surface area contributed by atoms with Crippen molar-refractivity contribution in [3.63, 3.8) is 0 Å². The van der Waals surface area contributed by atoms with Crippen molar-refractivity contribution in [1.82, 2.24) is 15.0 Å². The lowest BCUT2D eigenvalue weighted by Crippen LogP contribution is -2.50. The van der Waals surface area contributed by atoms with Crippen molar-refractivity contribution >= 4 is 16.6 Å². The molecule has 0 amide bonds. The first-order chi connectivity index (χ1) is 15.8. The van der Waals surface area contributed by atoms with Gasteiger partial charge in [-0.3, -0.25) is 0 Å². The second kappa shape index (κ2) is 7.75. The van der Waals surface area contributed by atoms with Crippen molar-refractivity contribution < 1.29 is 5.11 Å². The Bertz CT molecular complexity index is 1420. The average Bonchev–Trinajstić information content (AvgIpc) is 3.19. The summed E-state index contributed by atoms with van der Waals surface area (Å²) >= 11 is 0. The van der Waals surface area contributed by atoms with E-state index in [2.05, 4.69) is 77.1 Å². The Morgan fingerprint density at radius 2 is 1.76 bits per heavy atom. The molecule has 0 aliphatic carbocycles. The largest absolute Gasteiger partial charge is 0.390 e. The molecule has 0 fully saturated rings. The van der Waals surface area contributed by atoms with Gasteiger partial charge in [0.2, 0.25) is 5.82 Å². The van der Waals surface area contributed by atoms with Crippen LogP contribution in [0.5, 0.6) is 0 Å². The van der Waals surface area contributed by atoms with Gasteiger partial charge >= 0.3 is 0 Å². The molecule has 0 saturated heterocycles. The second-order valence-corrected chi connectivity index (χ2v) is 9.51. The SMILES string of the molecule is Cc1cc(-c2cccc3c(C)c[nH]c23)c(C#Cc2ncccn2)c2c1NC(C)(C)[C@H](O)[C@H]2C. The molecule has 4 aromatic rings. The molecule has 2 aromatic heterocycles. The maximum Gasteiger partial charge on any atom is 0.205 e. The van der Waals surface area contributed by atoms with Crippen LogP contribution in [0.3, 0.4) is 0 Å². The number of nitrogens with zero attached hydrogens (tertiary/aromatic N) is 2. The van der Waals surface area contributed by atoms with Crippen LogP contribution < -0.4 is 5.32 Å². The number of aryl methyl sites for hydroxylation is 2. The van der Waals surface area contributed by atoms with Gasteiger partial charge in [-0.2, -0.15) is 0 Å². The van der Waals surface area contributed by atoms with Crippen LogP contribution >= 0.6 is 0 Å². The van der Waals surface area contributed by atoms with Crippen LogP contribution in [0.15, 0.2) is 48.9 Å². The number of aromatic nitrogens is 3. The van der Waals surface area contributed by atoms with E-state index in [1.54, 1.807) is 18.5 Å². The molecule has 5 heteroatoms. The Labute approximate surface area is 194 Å². The van der Waals surface area contributed by atoms with E-state index >= 15 is 0 Å². The Hall–Kier alpha value is -3.62. The zero-order chi connectivity index (χ0) is 23.3. The monoisotopic (exact) mass is 436 g/mol. The number of hydrogen-bond acceptors (Lipinski definition) is 4. The normalized spacial score (nSPS) is 18.8. The van der Waals surface area contributed by atoms with Crippen LogP contribution in [0.1, 0.15) is 54.8 Å². The molecule has 3 N–H and O–H groups in total. The van der Waals surface area contributed by atoms with Crippen molar-refractivity contribution in [3.05, 3.63) is 77.0 Å². The molecule has 166 valence electrons. The van der Waals surface area contributed by atoms with Gasteiger partial charge in [-0.25, -0.2) is 9.97 Å². The summed E-state index contributed by atoms with van der Waals surface area (Å²) in [7, 11) is 0. The van der Waals surface area contributed by atoms with E-state index in [-0.39, 0.29) is 5.92 Å². The van der Waals surface area contributed by atoms with Crippen LogP contribution in [0.25, 0.3) is 22.0 Å². The van der Waals surface area contributed by atoms with Gasteiger partial charge in [0.15, 0.2) is 0 Å². The predicted molar refractivity (Wildman–Crippen MR) is 133 cm³/mol. The topological polar surface area (TPSA) is 73.8 Å². The molecule has 33 heavy (non-hydrogen) atoms. The van der Waals surface area contributed by atoms with Gasteiger partial charge in [-0.15, -0.1) is 0 Å². The summed E-state index contributed by atoms with van der Waals surface area (Å²) in [6.07, 6.45) is 4.87. The lowest BCUT2D eigenvalue weighted by atomic mass is 9.75. The highest BCUT2D eigenvalue weighted by atomic mass is 16.3. The van der Waals surface area contributed by atoms with Gasteiger partial charge in [0.05, 0.1) is 17.2 Å². The first-order valence-corrected chi connectivity index (χ1v) is 11.3. The highest BCUT2D eigenvalue weighted by Gasteiger charge is 2.40. The van der Waals surface area contributed by atoms with E-state index < -0.39 is 11.6 Å². The fraction of sp³-hybridized carbons (Fsp3) is 0.286. The highest BCUT2D eigenvalue weighted by molar-refractivity contribution is 5.98. The van der Waals surface area contributed by atoms with E-state index in [0.29, 0.717) is 5.82 Å². The van der Waals surface area contributed by atoms with Crippen LogP contribution in [0, 0.1) is 25.7 Å². The molecule has 0 saturated carbocycles. The second-order valence-electron chi connectivity index (χ2n) is 9.51. The van der Waals surface area contributed by atoms with Gasteiger partial charge in [0.1, 0.15) is 0 Å². The molecular formula is C28H28N4O. The number of anilines is 1. The van der Waals surface area contributed by atoms with Crippen LogP contribution in [-0.4, -0.2) is 31.7 Å². The zero-order valence-corrected chi connectivity index (χ0v) is 19.6. The fourth-order valence-electron chi connectivity index (χ4n) is 4.99. The summed E-state index contributed by atoms with van der Waals surface area (Å²) in [4.78, 5) is 12.0. The van der Waals surface area contributed by atoms with Crippen LogP contribution in [0.4, 0.5) is 5.69 Å². The maximum absolute atomic E-state index is 11.1. The van der Waals surface area contributed by atoms with Gasteiger partial charge in [-0.05, 0) is 62.4 Å². The third-order valence-electron chi connectivity index (χ3n) is 6.76. The number of aliphatic hydroxyl groups excluding tert-OH is 1. The molecule has 2 atom stereocenters. The molecular weight excluding hydrogens is 408 g/mol. The molecule has 5 rings (SSSR count). The molecule has 5 nitrogen and oxygen atoms in total. The quantitative estimate of drug-likeness (QED) is 0.354. The molecule has 0 radical (unpaired) electrons. The van der Waals surface area contributed by atoms with E-state index in [9.17, 15) is 5.11 Å². The zero-order valence-electron chi connectivity index (χ0n) is 19.6. The number of para-hydroxylation sites is 1. The van der Waals surface area contributed by atoms with E-state index in [1.165, 1.54) is 10.9 Å². The Morgan fingerprint density at radius 1 is 1.00 bits per heavy atom. The minimum atomic E-state index is -0.559. The number of benzene rings is 2. The smallest absolute Gasteiger partial charge is 0.205 e. The van der Waals surface area contributed by atoms with Crippen molar-refractivity contribution in [2.45, 2.75) is 52.2 Å². The Kier molecular flexibility index (Phi) is 4.99. The minimum Gasteiger partial charge on any atom is -0.390 e. The summed E-state index contributed by atoms with van der Waals surface area (Å²) in [6, 6.07) is 10.3. The lowest BCUT2D eigenvalue weighted by Gasteiger charge is -2.43. The van der Waals surface area contributed by atoms with Crippen molar-refractivity contribution in [2.75, 3.05) is 5.32 Å². The van der Waals surface area contributed by atoms with Crippen molar-refractivity contribution in [2.24, 2.45) is 0 Å². The number of rotatable bonds is 1. The summed E-state index contributed by atoms with van der Waals surface area (Å²) in [6.45, 7) is 10.4. The summed E-state index contributed by atoms with van der Waals surface area (Å²) in [5.74, 6) is 6.93. The Morgan fingerprint density at radius 3 is 2.52 bits per heavy atom. The number of nitrogens with one attached hydrogen (secondary N) is 2. The number of fused-ring (bicyclic) bond motifs is 2.